The van der Waals surface area contributed by atoms with E-state index in [1.807, 2.05) is 24.0 Å². The van der Waals surface area contributed by atoms with Crippen LogP contribution in [0.4, 0.5) is 0 Å². The molecule has 4 nitrogen and oxygen atoms in total. The van der Waals surface area contributed by atoms with Gasteiger partial charge in [-0.15, -0.1) is 0 Å². The van der Waals surface area contributed by atoms with E-state index in [-0.39, 0.29) is 11.4 Å². The number of hydrogen-bond acceptors (Lipinski definition) is 3. The highest BCUT2D eigenvalue weighted by molar-refractivity contribution is 5.77. The van der Waals surface area contributed by atoms with Gasteiger partial charge in [-0.25, -0.2) is 0 Å². The van der Waals surface area contributed by atoms with Gasteiger partial charge in [-0.2, -0.15) is 0 Å². The Morgan fingerprint density at radius 3 is 2.95 bits per heavy atom. The highest BCUT2D eigenvalue weighted by Gasteiger charge is 2.37. The van der Waals surface area contributed by atoms with E-state index in [0.717, 1.165) is 43.7 Å². The maximum Gasteiger partial charge on any atom is 0.223 e. The van der Waals surface area contributed by atoms with E-state index in [1.165, 1.54) is 0 Å². The zero-order valence-electron chi connectivity index (χ0n) is 11.9. The summed E-state index contributed by atoms with van der Waals surface area (Å²) in [5, 5.41) is 0. The summed E-state index contributed by atoms with van der Waals surface area (Å²) in [7, 11) is 0. The summed E-state index contributed by atoms with van der Waals surface area (Å²) >= 11 is 0. The molecule has 0 aromatic carbocycles. The molecule has 1 saturated heterocycles. The average molecular weight is 264 g/mol. The third kappa shape index (κ3) is 3.18. The van der Waals surface area contributed by atoms with Gasteiger partial charge in [-0.05, 0) is 45.2 Å². The molecule has 0 saturated carbocycles. The molecule has 19 heavy (non-hydrogen) atoms. The van der Waals surface area contributed by atoms with Crippen molar-refractivity contribution in [3.63, 3.8) is 0 Å². The maximum atomic E-state index is 12.3. The lowest BCUT2D eigenvalue weighted by Crippen LogP contribution is -2.49. The fourth-order valence-corrected chi connectivity index (χ4v) is 2.83. The van der Waals surface area contributed by atoms with Crippen molar-refractivity contribution >= 4 is 5.91 Å². The third-order valence-corrected chi connectivity index (χ3v) is 4.10. The van der Waals surface area contributed by atoms with Crippen molar-refractivity contribution < 1.29 is 9.21 Å². The van der Waals surface area contributed by atoms with Crippen LogP contribution in [0.2, 0.25) is 0 Å². The van der Waals surface area contributed by atoms with Crippen molar-refractivity contribution in [2.75, 3.05) is 13.1 Å². The number of aryl methyl sites for hydroxylation is 2. The normalized spacial score (nSPS) is 23.0. The Labute approximate surface area is 114 Å². The van der Waals surface area contributed by atoms with Crippen LogP contribution in [0.5, 0.6) is 0 Å². The quantitative estimate of drug-likeness (QED) is 0.887. The molecule has 1 amide bonds. The highest BCUT2D eigenvalue weighted by Crippen LogP contribution is 2.28. The van der Waals surface area contributed by atoms with Crippen LogP contribution in [0, 0.1) is 6.92 Å². The molecule has 1 atom stereocenters. The van der Waals surface area contributed by atoms with Gasteiger partial charge in [0.05, 0.1) is 5.54 Å². The van der Waals surface area contributed by atoms with Crippen LogP contribution in [0.1, 0.15) is 44.1 Å². The number of nitrogens with zero attached hydrogens (tertiary/aromatic N) is 1. The summed E-state index contributed by atoms with van der Waals surface area (Å²) in [4.78, 5) is 14.2. The number of carbonyl (C=O) groups is 1. The number of carbonyl (C=O) groups excluding carboxylic acids is 1. The van der Waals surface area contributed by atoms with Gasteiger partial charge < -0.3 is 15.1 Å². The molecule has 0 radical (unpaired) electrons. The molecule has 2 N–H and O–H groups in total. The van der Waals surface area contributed by atoms with E-state index < -0.39 is 0 Å². The predicted molar refractivity (Wildman–Crippen MR) is 74.8 cm³/mol. The summed E-state index contributed by atoms with van der Waals surface area (Å²) in [5.74, 6) is 2.12. The zero-order valence-corrected chi connectivity index (χ0v) is 11.9. The maximum absolute atomic E-state index is 12.3. The van der Waals surface area contributed by atoms with Crippen LogP contribution in [-0.2, 0) is 11.2 Å². The van der Waals surface area contributed by atoms with Crippen LogP contribution in [-0.4, -0.2) is 29.4 Å². The van der Waals surface area contributed by atoms with Crippen LogP contribution >= 0.6 is 0 Å². The van der Waals surface area contributed by atoms with Crippen LogP contribution < -0.4 is 5.73 Å². The molecule has 1 unspecified atom stereocenters. The Morgan fingerprint density at radius 2 is 2.32 bits per heavy atom. The van der Waals surface area contributed by atoms with Gasteiger partial charge in [0.1, 0.15) is 11.5 Å². The Hall–Kier alpha value is -1.29. The van der Waals surface area contributed by atoms with Crippen molar-refractivity contribution in [3.05, 3.63) is 23.7 Å². The summed E-state index contributed by atoms with van der Waals surface area (Å²) in [6.45, 7) is 5.43. The van der Waals surface area contributed by atoms with E-state index in [1.54, 1.807) is 0 Å². The van der Waals surface area contributed by atoms with Crippen molar-refractivity contribution in [1.29, 1.82) is 0 Å². The minimum atomic E-state index is -0.127. The van der Waals surface area contributed by atoms with Crippen molar-refractivity contribution in [2.45, 2.75) is 51.5 Å². The number of hydrogen-bond donors (Lipinski definition) is 1. The first kappa shape index (κ1) is 14.1. The van der Waals surface area contributed by atoms with Gasteiger partial charge in [-0.3, -0.25) is 4.79 Å². The molecule has 1 aliphatic heterocycles. The fraction of sp³-hybridized carbons (Fsp3) is 0.667. The second-order valence-electron chi connectivity index (χ2n) is 5.72. The lowest BCUT2D eigenvalue weighted by molar-refractivity contribution is -0.134. The average Bonchev–Trinajstić information content (AvgIpc) is 2.96. The van der Waals surface area contributed by atoms with Gasteiger partial charge in [0.2, 0.25) is 5.91 Å². The molecular weight excluding hydrogens is 240 g/mol. The fourth-order valence-electron chi connectivity index (χ4n) is 2.83. The Bertz CT molecular complexity index is 441. The van der Waals surface area contributed by atoms with Gasteiger partial charge in [0, 0.05) is 25.9 Å². The topological polar surface area (TPSA) is 59.5 Å². The lowest BCUT2D eigenvalue weighted by atomic mass is 9.99. The second-order valence-corrected chi connectivity index (χ2v) is 5.72. The summed E-state index contributed by atoms with van der Waals surface area (Å²) in [6.07, 6.45) is 4.33. The molecule has 0 bridgehead atoms. The van der Waals surface area contributed by atoms with Gasteiger partial charge in [0.25, 0.3) is 0 Å². The Kier molecular flexibility index (Phi) is 4.30. The van der Waals surface area contributed by atoms with E-state index in [0.29, 0.717) is 13.0 Å². The van der Waals surface area contributed by atoms with Crippen LogP contribution in [0.15, 0.2) is 16.5 Å². The van der Waals surface area contributed by atoms with E-state index >= 15 is 0 Å². The van der Waals surface area contributed by atoms with E-state index in [4.69, 9.17) is 10.2 Å². The monoisotopic (exact) mass is 264 g/mol. The Morgan fingerprint density at radius 1 is 1.53 bits per heavy atom. The summed E-state index contributed by atoms with van der Waals surface area (Å²) in [6, 6.07) is 3.95. The molecule has 2 rings (SSSR count). The first-order valence-corrected chi connectivity index (χ1v) is 7.11. The molecule has 4 heteroatoms. The van der Waals surface area contributed by atoms with E-state index in [9.17, 15) is 4.79 Å². The molecule has 2 heterocycles. The minimum absolute atomic E-state index is 0.127. The second kappa shape index (κ2) is 5.78. The molecule has 1 aliphatic rings. The third-order valence-electron chi connectivity index (χ3n) is 4.10. The number of amides is 1. The van der Waals surface area contributed by atoms with Crippen molar-refractivity contribution in [2.24, 2.45) is 5.73 Å². The number of nitrogens with two attached hydrogens (primary N) is 1. The SMILES string of the molecule is Cc1ccc(CCCC(=O)N2CCCC2(C)CN)o1. The summed E-state index contributed by atoms with van der Waals surface area (Å²) < 4.78 is 5.51. The molecule has 0 spiro atoms. The van der Waals surface area contributed by atoms with Crippen LogP contribution in [0.25, 0.3) is 0 Å². The largest absolute Gasteiger partial charge is 0.466 e. The van der Waals surface area contributed by atoms with Crippen LogP contribution in [0.3, 0.4) is 0 Å². The first-order chi connectivity index (χ1) is 9.05. The molecule has 0 aliphatic carbocycles. The predicted octanol–water partition coefficient (Wildman–Crippen LogP) is 2.25. The molecule has 106 valence electrons. The lowest BCUT2D eigenvalue weighted by Gasteiger charge is -2.34. The standard InChI is InChI=1S/C15H24N2O2/c1-12-7-8-13(19-12)5-3-6-14(18)17-10-4-9-15(17,2)11-16/h7-8H,3-6,9-11,16H2,1-2H3. The Balaban J connectivity index is 1.81. The van der Waals surface area contributed by atoms with Crippen molar-refractivity contribution in [3.8, 4) is 0 Å². The van der Waals surface area contributed by atoms with Gasteiger partial charge in [-0.1, -0.05) is 0 Å². The highest BCUT2D eigenvalue weighted by atomic mass is 16.3. The minimum Gasteiger partial charge on any atom is -0.466 e. The smallest absolute Gasteiger partial charge is 0.223 e. The zero-order chi connectivity index (χ0) is 13.9. The van der Waals surface area contributed by atoms with E-state index in [2.05, 4.69) is 6.92 Å². The first-order valence-electron chi connectivity index (χ1n) is 7.11. The number of likely N-dealkylation sites (tertiary alicyclic amines) is 1. The molecule has 1 aromatic heterocycles. The molecule has 1 aromatic rings. The number of furan rings is 1. The number of rotatable bonds is 5. The van der Waals surface area contributed by atoms with Crippen molar-refractivity contribution in [1.82, 2.24) is 4.90 Å². The summed E-state index contributed by atoms with van der Waals surface area (Å²) in [5.41, 5.74) is 5.68. The molecule has 1 fully saturated rings. The van der Waals surface area contributed by atoms with Gasteiger partial charge >= 0.3 is 0 Å². The molecular formula is C15H24N2O2. The van der Waals surface area contributed by atoms with Gasteiger partial charge in [0.15, 0.2) is 0 Å².